The summed E-state index contributed by atoms with van der Waals surface area (Å²) in [5.41, 5.74) is 0.709. The summed E-state index contributed by atoms with van der Waals surface area (Å²) in [6, 6.07) is 11.0. The third-order valence-electron chi connectivity index (χ3n) is 5.91. The Bertz CT molecular complexity index is 759. The number of rotatable bonds is 7. The maximum atomic E-state index is 10.4. The number of aliphatic hydroxyl groups excluding tert-OH is 7. The van der Waals surface area contributed by atoms with Crippen molar-refractivity contribution in [3.05, 3.63) is 35.9 Å². The molecule has 2 aliphatic rings. The van der Waals surface area contributed by atoms with Crippen LogP contribution in [0, 0.1) is 11.3 Å². The number of nitriles is 1. The van der Waals surface area contributed by atoms with E-state index in [1.807, 2.05) is 0 Å². The molecular formula is C21H29NO10. The summed E-state index contributed by atoms with van der Waals surface area (Å²) < 4.78 is 16.4. The van der Waals surface area contributed by atoms with E-state index in [1.54, 1.807) is 30.3 Å². The Morgan fingerprint density at radius 3 is 2.03 bits per heavy atom. The van der Waals surface area contributed by atoms with Crippen LogP contribution in [0.15, 0.2) is 30.3 Å². The van der Waals surface area contributed by atoms with E-state index in [4.69, 9.17) is 14.2 Å². The van der Waals surface area contributed by atoms with Gasteiger partial charge in [0.05, 0.1) is 31.3 Å². The second kappa shape index (κ2) is 11.0. The molecule has 178 valence electrons. The third-order valence-corrected chi connectivity index (χ3v) is 5.91. The molecule has 0 radical (unpaired) electrons. The highest BCUT2D eigenvalue weighted by molar-refractivity contribution is 5.25. The van der Waals surface area contributed by atoms with E-state index in [9.17, 15) is 41.0 Å². The average Bonchev–Trinajstić information content (AvgIpc) is 2.81. The van der Waals surface area contributed by atoms with Crippen LogP contribution in [0.5, 0.6) is 0 Å². The van der Waals surface area contributed by atoms with Crippen molar-refractivity contribution in [2.75, 3.05) is 13.2 Å². The molecule has 0 spiro atoms. The molecule has 11 nitrogen and oxygen atoms in total. The molecule has 0 amide bonds. The first-order valence-corrected chi connectivity index (χ1v) is 10.3. The van der Waals surface area contributed by atoms with Gasteiger partial charge < -0.3 is 50.0 Å². The molecule has 3 rings (SSSR count). The molecule has 0 bridgehead atoms. The van der Waals surface area contributed by atoms with Crippen molar-refractivity contribution < 1.29 is 50.0 Å². The smallest absolute Gasteiger partial charge is 0.186 e. The van der Waals surface area contributed by atoms with E-state index in [-0.39, 0.29) is 6.42 Å². The molecule has 1 aromatic carbocycles. The van der Waals surface area contributed by atoms with Gasteiger partial charge in [-0.2, -0.15) is 5.26 Å². The van der Waals surface area contributed by atoms with E-state index in [1.165, 1.54) is 0 Å². The van der Waals surface area contributed by atoms with Gasteiger partial charge in [0.1, 0.15) is 48.8 Å². The number of ether oxygens (including phenoxy) is 3. The molecule has 2 heterocycles. The van der Waals surface area contributed by atoms with Crippen LogP contribution >= 0.6 is 0 Å². The first kappa shape index (κ1) is 24.9. The predicted octanol–water partition coefficient (Wildman–Crippen LogP) is -2.65. The molecule has 2 fully saturated rings. The van der Waals surface area contributed by atoms with Crippen LogP contribution < -0.4 is 0 Å². The predicted molar refractivity (Wildman–Crippen MR) is 106 cm³/mol. The minimum absolute atomic E-state index is 0.0437. The van der Waals surface area contributed by atoms with Crippen LogP contribution in [-0.2, 0) is 14.2 Å². The Morgan fingerprint density at radius 2 is 1.41 bits per heavy atom. The Hall–Kier alpha value is -1.69. The number of hydrogen-bond acceptors (Lipinski definition) is 11. The molecule has 11 atom stereocenters. The quantitative estimate of drug-likeness (QED) is 0.227. The molecular weight excluding hydrogens is 426 g/mol. The van der Waals surface area contributed by atoms with Gasteiger partial charge in [0.2, 0.25) is 0 Å². The maximum Gasteiger partial charge on any atom is 0.186 e. The summed E-state index contributed by atoms with van der Waals surface area (Å²) in [5, 5.41) is 79.5. The van der Waals surface area contributed by atoms with E-state index < -0.39 is 80.4 Å². The van der Waals surface area contributed by atoms with Crippen LogP contribution in [0.4, 0.5) is 0 Å². The highest BCUT2D eigenvalue weighted by atomic mass is 16.7. The van der Waals surface area contributed by atoms with Crippen molar-refractivity contribution >= 4 is 0 Å². The fourth-order valence-corrected chi connectivity index (χ4v) is 3.94. The zero-order valence-electron chi connectivity index (χ0n) is 17.2. The summed E-state index contributed by atoms with van der Waals surface area (Å²) in [4.78, 5) is 0. The second-order valence-corrected chi connectivity index (χ2v) is 8.04. The molecule has 11 heteroatoms. The standard InChI is InChI=1S/C21H29NO10/c22-7-11(10-4-2-1-3-5-10)6-12-15(24)18(27)17(26)14(31-12)9-30-21-20(29)19(28)16(25)13(8-23)32-21/h1-5,11-21,23-29H,6,8-9H2/t11-,12-,13-,14-,15+,16+,17+,18-,19+,20+,21+/m0/s1. The second-order valence-electron chi connectivity index (χ2n) is 8.04. The number of hydrogen-bond donors (Lipinski definition) is 7. The summed E-state index contributed by atoms with van der Waals surface area (Å²) in [6.45, 7) is -1.04. The minimum Gasteiger partial charge on any atom is -0.394 e. The molecule has 7 N–H and O–H groups in total. The van der Waals surface area contributed by atoms with Crippen molar-refractivity contribution in [1.29, 1.82) is 5.26 Å². The van der Waals surface area contributed by atoms with Gasteiger partial charge in [-0.05, 0) is 12.0 Å². The van der Waals surface area contributed by atoms with Crippen LogP contribution in [-0.4, -0.2) is 110 Å². The molecule has 2 saturated heterocycles. The number of benzene rings is 1. The average molecular weight is 455 g/mol. The molecule has 0 unspecified atom stereocenters. The SMILES string of the molecule is N#C[C@H](C[C@@H]1O[C@@H](CO[C@@H]2O[C@@H](CO)[C@@H](O)[C@@H](O)[C@H]2O)[C@@H](O)[C@@H](O)[C@@H]1O)c1ccccc1. The molecule has 2 aliphatic heterocycles. The van der Waals surface area contributed by atoms with Crippen molar-refractivity contribution in [3.8, 4) is 6.07 Å². The first-order chi connectivity index (χ1) is 15.3. The van der Waals surface area contributed by atoms with Gasteiger partial charge in [0.25, 0.3) is 0 Å². The Labute approximate surface area is 184 Å². The number of nitrogens with zero attached hydrogens (tertiary/aromatic N) is 1. The summed E-state index contributed by atoms with van der Waals surface area (Å²) in [7, 11) is 0. The monoisotopic (exact) mass is 455 g/mol. The fraction of sp³-hybridized carbons (Fsp3) is 0.667. The normalized spacial score (nSPS) is 41.1. The lowest BCUT2D eigenvalue weighted by atomic mass is 9.87. The molecule has 32 heavy (non-hydrogen) atoms. The van der Waals surface area contributed by atoms with Crippen molar-refractivity contribution in [3.63, 3.8) is 0 Å². The van der Waals surface area contributed by atoms with Gasteiger partial charge >= 0.3 is 0 Å². The highest BCUT2D eigenvalue weighted by Crippen LogP contribution is 2.30. The minimum atomic E-state index is -1.64. The summed E-state index contributed by atoms with van der Waals surface area (Å²) in [6.07, 6.45) is -14.1. The van der Waals surface area contributed by atoms with E-state index >= 15 is 0 Å². The zero-order valence-corrected chi connectivity index (χ0v) is 17.2. The lowest BCUT2D eigenvalue weighted by molar-refractivity contribution is -0.314. The van der Waals surface area contributed by atoms with Gasteiger partial charge in [0.15, 0.2) is 6.29 Å². The maximum absolute atomic E-state index is 10.4. The largest absolute Gasteiger partial charge is 0.394 e. The van der Waals surface area contributed by atoms with Gasteiger partial charge in [-0.1, -0.05) is 30.3 Å². The van der Waals surface area contributed by atoms with Gasteiger partial charge in [-0.25, -0.2) is 0 Å². The Kier molecular flexibility index (Phi) is 8.54. The van der Waals surface area contributed by atoms with Crippen molar-refractivity contribution in [1.82, 2.24) is 0 Å². The molecule has 0 aromatic heterocycles. The van der Waals surface area contributed by atoms with Crippen LogP contribution in [0.2, 0.25) is 0 Å². The van der Waals surface area contributed by atoms with Crippen molar-refractivity contribution in [2.24, 2.45) is 0 Å². The Balaban J connectivity index is 1.65. The molecule has 1 aromatic rings. The van der Waals surface area contributed by atoms with Crippen LogP contribution in [0.25, 0.3) is 0 Å². The van der Waals surface area contributed by atoms with Crippen LogP contribution in [0.1, 0.15) is 17.9 Å². The van der Waals surface area contributed by atoms with Crippen molar-refractivity contribution in [2.45, 2.75) is 73.6 Å². The lowest BCUT2D eigenvalue weighted by Gasteiger charge is -2.43. The highest BCUT2D eigenvalue weighted by Gasteiger charge is 2.47. The van der Waals surface area contributed by atoms with E-state index in [2.05, 4.69) is 6.07 Å². The molecule has 0 aliphatic carbocycles. The van der Waals surface area contributed by atoms with Gasteiger partial charge in [-0.3, -0.25) is 0 Å². The summed E-state index contributed by atoms with van der Waals surface area (Å²) >= 11 is 0. The first-order valence-electron chi connectivity index (χ1n) is 10.3. The zero-order chi connectivity index (χ0) is 23.4. The fourth-order valence-electron chi connectivity index (χ4n) is 3.94. The topological polar surface area (TPSA) is 193 Å². The lowest BCUT2D eigenvalue weighted by Crippen LogP contribution is -2.61. The number of aliphatic hydroxyl groups is 7. The molecule has 0 saturated carbocycles. The van der Waals surface area contributed by atoms with E-state index in [0.717, 1.165) is 0 Å². The van der Waals surface area contributed by atoms with Gasteiger partial charge in [-0.15, -0.1) is 0 Å². The third kappa shape index (κ3) is 5.27. The van der Waals surface area contributed by atoms with Crippen LogP contribution in [0.3, 0.4) is 0 Å². The van der Waals surface area contributed by atoms with Gasteiger partial charge in [0, 0.05) is 0 Å². The summed E-state index contributed by atoms with van der Waals surface area (Å²) in [5.74, 6) is -0.634. The Morgan fingerprint density at radius 1 is 0.812 bits per heavy atom. The van der Waals surface area contributed by atoms with E-state index in [0.29, 0.717) is 5.56 Å².